The third-order valence-electron chi connectivity index (χ3n) is 5.13. The maximum atomic E-state index is 14.3. The predicted octanol–water partition coefficient (Wildman–Crippen LogP) is 4.34. The van der Waals surface area contributed by atoms with Gasteiger partial charge in [-0.05, 0) is 0 Å². The van der Waals surface area contributed by atoms with Crippen molar-refractivity contribution in [1.29, 1.82) is 0 Å². The normalized spacial score (nSPS) is 11.2. The first-order valence-corrected chi connectivity index (χ1v) is 14.0. The number of sulfonamides is 1. The number of hydrogen-bond acceptors (Lipinski definition) is 5. The van der Waals surface area contributed by atoms with Crippen molar-refractivity contribution in [2.45, 2.75) is 9.79 Å². The average molecular weight is 578 g/mol. The van der Waals surface area contributed by atoms with Gasteiger partial charge in [-0.25, -0.2) is 0 Å². The zero-order valence-corrected chi connectivity index (χ0v) is 22.2. The van der Waals surface area contributed by atoms with E-state index < -0.39 is 10.0 Å². The van der Waals surface area contributed by atoms with Crippen LogP contribution < -0.4 is 8.87 Å². The van der Waals surface area contributed by atoms with E-state index >= 15 is 0 Å². The maximum absolute atomic E-state index is 14.3. The molecular weight excluding hydrogens is 557 g/mol. The van der Waals surface area contributed by atoms with Crippen LogP contribution in [0.15, 0.2) is 132 Å². The van der Waals surface area contributed by atoms with Crippen LogP contribution in [0.5, 0.6) is 0 Å². The standard InChI is InChI=1S/C26H20N5O2S2Se/c32-35(33,31(21-11-4-1-5-12-21)22-13-6-2-7-14-22)24-19-29(25-27-17-10-18-28-25)26(36)30(20-24)34-23-15-8-3-9-16-23/h1-20H/q+1. The Morgan fingerprint density at radius 2 is 1.31 bits per heavy atom. The Morgan fingerprint density at radius 1 is 0.778 bits per heavy atom. The van der Waals surface area contributed by atoms with E-state index in [-0.39, 0.29) is 4.90 Å². The quantitative estimate of drug-likeness (QED) is 0.213. The van der Waals surface area contributed by atoms with Crippen molar-refractivity contribution in [2.24, 2.45) is 0 Å². The third kappa shape index (κ3) is 5.03. The molecule has 0 aliphatic rings. The van der Waals surface area contributed by atoms with Crippen LogP contribution in [-0.4, -0.2) is 37.9 Å². The van der Waals surface area contributed by atoms with E-state index in [0.717, 1.165) is 4.90 Å². The first-order chi connectivity index (χ1) is 17.5. The summed E-state index contributed by atoms with van der Waals surface area (Å²) in [4.78, 5) is 9.70. The summed E-state index contributed by atoms with van der Waals surface area (Å²) < 4.78 is 33.9. The molecule has 0 N–H and O–H groups in total. The summed E-state index contributed by atoms with van der Waals surface area (Å²) in [7, 11) is -4.06. The Hall–Kier alpha value is -3.56. The van der Waals surface area contributed by atoms with E-state index in [1.54, 1.807) is 57.5 Å². The minimum atomic E-state index is -4.06. The van der Waals surface area contributed by atoms with Gasteiger partial charge < -0.3 is 0 Å². The number of aromatic nitrogens is 4. The van der Waals surface area contributed by atoms with Gasteiger partial charge in [-0.1, -0.05) is 0 Å². The van der Waals surface area contributed by atoms with E-state index in [9.17, 15) is 8.42 Å². The topological polar surface area (TPSA) is 72.0 Å². The van der Waals surface area contributed by atoms with Crippen LogP contribution in [0.25, 0.3) is 5.95 Å². The monoisotopic (exact) mass is 578 g/mol. The first kappa shape index (κ1) is 24.1. The average Bonchev–Trinajstić information content (AvgIpc) is 2.92. The van der Waals surface area contributed by atoms with Crippen LogP contribution in [0.2, 0.25) is 0 Å². The molecule has 2 heterocycles. The molecule has 5 aromatic rings. The van der Waals surface area contributed by atoms with Gasteiger partial charge in [-0.3, -0.25) is 0 Å². The molecule has 178 valence electrons. The molecule has 0 atom stereocenters. The van der Waals surface area contributed by atoms with Gasteiger partial charge in [-0.2, -0.15) is 0 Å². The van der Waals surface area contributed by atoms with Gasteiger partial charge in [0.1, 0.15) is 0 Å². The summed E-state index contributed by atoms with van der Waals surface area (Å²) in [6.07, 6.45) is 6.38. The second-order valence-corrected chi connectivity index (χ2v) is 11.1. The molecule has 0 amide bonds. The van der Waals surface area contributed by atoms with Crippen LogP contribution in [0.1, 0.15) is 0 Å². The predicted molar refractivity (Wildman–Crippen MR) is 140 cm³/mol. The molecule has 0 unspecified atom stereocenters. The fourth-order valence-corrected chi connectivity index (χ4v) is 6.52. The van der Waals surface area contributed by atoms with Crippen molar-refractivity contribution in [3.8, 4) is 5.95 Å². The van der Waals surface area contributed by atoms with Crippen LogP contribution in [-0.2, 0) is 10.0 Å². The summed E-state index contributed by atoms with van der Waals surface area (Å²) >= 11 is 4.43. The summed E-state index contributed by atoms with van der Waals surface area (Å²) in [5.41, 5.74) is 1.06. The molecule has 0 saturated heterocycles. The molecule has 0 bridgehead atoms. The Balaban J connectivity index is 1.73. The van der Waals surface area contributed by atoms with E-state index in [1.165, 1.54) is 22.4 Å². The van der Waals surface area contributed by atoms with Gasteiger partial charge in [-0.15, -0.1) is 0 Å². The fourth-order valence-electron chi connectivity index (χ4n) is 3.50. The zero-order chi connectivity index (χ0) is 25.0. The number of hydrogen-bond donors (Lipinski definition) is 0. The zero-order valence-electron chi connectivity index (χ0n) is 18.8. The molecule has 36 heavy (non-hydrogen) atoms. The molecule has 0 spiro atoms. The van der Waals surface area contributed by atoms with Crippen molar-refractivity contribution in [3.63, 3.8) is 0 Å². The summed E-state index contributed by atoms with van der Waals surface area (Å²) in [5.74, 6) is 0.344. The van der Waals surface area contributed by atoms with Crippen molar-refractivity contribution in [3.05, 3.63) is 126 Å². The molecule has 5 rings (SSSR count). The summed E-state index contributed by atoms with van der Waals surface area (Å²) in [5, 5.41) is 0. The van der Waals surface area contributed by atoms with Gasteiger partial charge >= 0.3 is 222 Å². The van der Waals surface area contributed by atoms with Crippen LogP contribution in [0, 0.1) is 4.32 Å². The second kappa shape index (κ2) is 10.6. The second-order valence-electron chi connectivity index (χ2n) is 7.53. The van der Waals surface area contributed by atoms with Gasteiger partial charge in [0.2, 0.25) is 0 Å². The molecule has 0 saturated carbocycles. The molecule has 0 fully saturated rings. The Labute approximate surface area is 221 Å². The van der Waals surface area contributed by atoms with Crippen LogP contribution >= 0.6 is 11.9 Å². The molecule has 0 radical (unpaired) electrons. The molecule has 0 aliphatic heterocycles. The number of benzene rings is 3. The fraction of sp³-hybridized carbons (Fsp3) is 0. The van der Waals surface area contributed by atoms with Crippen LogP contribution in [0.4, 0.5) is 11.4 Å². The van der Waals surface area contributed by atoms with Gasteiger partial charge in [0, 0.05) is 0 Å². The van der Waals surface area contributed by atoms with Crippen LogP contribution in [0.3, 0.4) is 0 Å². The van der Waals surface area contributed by atoms with Crippen molar-refractivity contribution in [2.75, 3.05) is 4.31 Å². The number of anilines is 2. The number of nitrogens with zero attached hydrogens (tertiary/aromatic N) is 5. The summed E-state index contributed by atoms with van der Waals surface area (Å²) in [6.45, 7) is 0. The molecule has 10 heteroatoms. The van der Waals surface area contributed by atoms with E-state index in [2.05, 4.69) is 25.5 Å². The Morgan fingerprint density at radius 3 is 1.86 bits per heavy atom. The summed E-state index contributed by atoms with van der Waals surface area (Å²) in [6, 6.07) is 29.5. The number of para-hydroxylation sites is 2. The van der Waals surface area contributed by atoms with Gasteiger partial charge in [0.25, 0.3) is 0 Å². The Kier molecular flexibility index (Phi) is 7.11. The molecule has 7 nitrogen and oxygen atoms in total. The third-order valence-corrected chi connectivity index (χ3v) is 8.88. The Bertz CT molecular complexity index is 1600. The van der Waals surface area contributed by atoms with E-state index in [4.69, 9.17) is 0 Å². The first-order valence-electron chi connectivity index (χ1n) is 10.9. The molecule has 3 aromatic carbocycles. The minimum absolute atomic E-state index is 0.0742. The van der Waals surface area contributed by atoms with Crippen molar-refractivity contribution in [1.82, 2.24) is 13.9 Å². The van der Waals surface area contributed by atoms with E-state index in [0.29, 0.717) is 21.6 Å². The number of rotatable bonds is 7. The molecular formula is C26H20N5O2S2Se+. The van der Waals surface area contributed by atoms with Gasteiger partial charge in [0.05, 0.1) is 0 Å². The van der Waals surface area contributed by atoms with Gasteiger partial charge in [0.15, 0.2) is 0 Å². The van der Waals surface area contributed by atoms with Crippen molar-refractivity contribution >= 4 is 48.9 Å². The molecule has 0 aliphatic carbocycles. The van der Waals surface area contributed by atoms with E-state index in [1.807, 2.05) is 66.7 Å². The SMILES string of the molecule is O=S(=O)(c1cn(Sc2ccccc2)c(=[Se])[n+](-c2ncccn2)c1)N(c1ccccc1)c1ccccc1. The van der Waals surface area contributed by atoms with Crippen molar-refractivity contribution < 1.29 is 13.0 Å². The molecule has 2 aromatic heterocycles.